The average molecular weight is 639 g/mol. The molecule has 4 aromatic rings. The van der Waals surface area contributed by atoms with Gasteiger partial charge in [-0.15, -0.1) is 0 Å². The van der Waals surface area contributed by atoms with E-state index in [4.69, 9.17) is 5.73 Å². The van der Waals surface area contributed by atoms with Gasteiger partial charge in [-0.2, -0.15) is 0 Å². The number of nitrogens with one attached hydrogen (secondary N) is 3. The highest BCUT2D eigenvalue weighted by Crippen LogP contribution is 2.14. The maximum Gasteiger partial charge on any atom is 0.326 e. The number of nitrogens with two attached hydrogens (primary N) is 1. The van der Waals surface area contributed by atoms with E-state index in [1.807, 2.05) is 30.3 Å². The van der Waals surface area contributed by atoms with Gasteiger partial charge in [0.25, 0.3) is 0 Å². The van der Waals surface area contributed by atoms with Gasteiger partial charge in [-0.1, -0.05) is 84.9 Å². The second kappa shape index (κ2) is 16.6. The number of amides is 3. The minimum absolute atomic E-state index is 0.0188. The van der Waals surface area contributed by atoms with E-state index in [2.05, 4.69) is 16.0 Å². The van der Waals surface area contributed by atoms with Crippen LogP contribution < -0.4 is 21.7 Å². The first kappa shape index (κ1) is 34.2. The number of carbonyl (C=O) groups is 4. The molecule has 0 bridgehead atoms. The fourth-order valence-corrected chi connectivity index (χ4v) is 4.99. The van der Waals surface area contributed by atoms with Gasteiger partial charge in [-0.05, 0) is 52.9 Å². The Hall–Kier alpha value is -5.68. The van der Waals surface area contributed by atoms with Crippen molar-refractivity contribution in [3.8, 4) is 11.5 Å². The molecule has 0 saturated carbocycles. The number of rotatable bonds is 15. The molecule has 8 N–H and O–H groups in total. The molecule has 0 radical (unpaired) electrons. The molecule has 4 rings (SSSR count). The van der Waals surface area contributed by atoms with Crippen molar-refractivity contribution in [3.63, 3.8) is 0 Å². The molecule has 0 aliphatic carbocycles. The SMILES string of the molecule is N[C@@H](Cc1ccccc1)C(=O)N[C@@H](Cc1ccc(O)cc1)C(=O)N[C@@H](Cc1ccccc1)C(=O)N[C@@H](Cc1ccc(O)cc1)C(=O)O. The lowest BCUT2D eigenvalue weighted by Gasteiger charge is -2.25. The van der Waals surface area contributed by atoms with Crippen LogP contribution in [0.3, 0.4) is 0 Å². The van der Waals surface area contributed by atoms with E-state index >= 15 is 0 Å². The smallest absolute Gasteiger partial charge is 0.326 e. The molecule has 3 amide bonds. The minimum atomic E-state index is -1.33. The summed E-state index contributed by atoms with van der Waals surface area (Å²) in [4.78, 5) is 52.8. The average Bonchev–Trinajstić information content (AvgIpc) is 3.06. The monoisotopic (exact) mass is 638 g/mol. The van der Waals surface area contributed by atoms with Crippen LogP contribution in [0.5, 0.6) is 11.5 Å². The Labute approximate surface area is 272 Å². The summed E-state index contributed by atoms with van der Waals surface area (Å²) in [6.45, 7) is 0. The summed E-state index contributed by atoms with van der Waals surface area (Å²) < 4.78 is 0. The van der Waals surface area contributed by atoms with Crippen LogP contribution in [-0.2, 0) is 44.9 Å². The Balaban J connectivity index is 1.55. The zero-order chi connectivity index (χ0) is 33.8. The van der Waals surface area contributed by atoms with E-state index in [-0.39, 0.29) is 37.2 Å². The number of phenols is 2. The van der Waals surface area contributed by atoms with Gasteiger partial charge in [0.05, 0.1) is 6.04 Å². The highest BCUT2D eigenvalue weighted by molar-refractivity contribution is 5.94. The van der Waals surface area contributed by atoms with Crippen LogP contribution in [0.15, 0.2) is 109 Å². The van der Waals surface area contributed by atoms with Crippen molar-refractivity contribution >= 4 is 23.7 Å². The summed E-state index contributed by atoms with van der Waals surface area (Å²) in [6, 6.07) is 25.5. The van der Waals surface area contributed by atoms with Gasteiger partial charge in [0.2, 0.25) is 17.7 Å². The number of carbonyl (C=O) groups excluding carboxylic acids is 3. The van der Waals surface area contributed by atoms with Crippen molar-refractivity contribution in [2.45, 2.75) is 49.9 Å². The van der Waals surface area contributed by atoms with E-state index in [0.717, 1.165) is 5.56 Å². The molecule has 4 atom stereocenters. The molecule has 244 valence electrons. The Bertz CT molecular complexity index is 1630. The zero-order valence-corrected chi connectivity index (χ0v) is 25.6. The largest absolute Gasteiger partial charge is 0.508 e. The van der Waals surface area contributed by atoms with Crippen molar-refractivity contribution in [2.75, 3.05) is 0 Å². The van der Waals surface area contributed by atoms with E-state index in [0.29, 0.717) is 16.7 Å². The highest BCUT2D eigenvalue weighted by atomic mass is 16.4. The maximum absolute atomic E-state index is 13.8. The van der Waals surface area contributed by atoms with Crippen LogP contribution >= 0.6 is 0 Å². The Morgan fingerprint density at radius 2 is 0.830 bits per heavy atom. The third kappa shape index (κ3) is 10.7. The molecule has 0 unspecified atom stereocenters. The molecule has 4 aromatic carbocycles. The second-order valence-corrected chi connectivity index (χ2v) is 11.2. The van der Waals surface area contributed by atoms with Crippen LogP contribution in [0.1, 0.15) is 22.3 Å². The number of hydrogen-bond acceptors (Lipinski definition) is 7. The lowest BCUT2D eigenvalue weighted by molar-refractivity contribution is -0.142. The Morgan fingerprint density at radius 1 is 0.489 bits per heavy atom. The summed E-state index contributed by atoms with van der Waals surface area (Å²) in [7, 11) is 0. The number of carboxylic acids is 1. The predicted octanol–water partition coefficient (Wildman–Crippen LogP) is 2.23. The van der Waals surface area contributed by atoms with Crippen LogP contribution in [0, 0.1) is 0 Å². The normalized spacial score (nSPS) is 13.4. The lowest BCUT2D eigenvalue weighted by Crippen LogP contribution is -2.58. The predicted molar refractivity (Wildman–Crippen MR) is 175 cm³/mol. The van der Waals surface area contributed by atoms with Crippen LogP contribution in [0.25, 0.3) is 0 Å². The molecule has 0 aliphatic heterocycles. The van der Waals surface area contributed by atoms with Crippen molar-refractivity contribution < 1.29 is 34.5 Å². The molecule has 0 aliphatic rings. The van der Waals surface area contributed by atoms with E-state index in [1.54, 1.807) is 54.6 Å². The maximum atomic E-state index is 13.8. The molecular formula is C36H38N4O7. The number of hydrogen-bond donors (Lipinski definition) is 7. The van der Waals surface area contributed by atoms with E-state index < -0.39 is 47.9 Å². The van der Waals surface area contributed by atoms with Crippen LogP contribution in [0.2, 0.25) is 0 Å². The number of carboxylic acid groups (broad SMARTS) is 1. The van der Waals surface area contributed by atoms with E-state index in [1.165, 1.54) is 24.3 Å². The summed E-state index contributed by atoms with van der Waals surface area (Å²) in [5.74, 6) is -3.21. The van der Waals surface area contributed by atoms with Gasteiger partial charge in [0.1, 0.15) is 29.6 Å². The van der Waals surface area contributed by atoms with Crippen molar-refractivity contribution in [1.29, 1.82) is 0 Å². The summed E-state index contributed by atoms with van der Waals surface area (Å²) in [5, 5.41) is 37.2. The fourth-order valence-electron chi connectivity index (χ4n) is 4.99. The van der Waals surface area contributed by atoms with Crippen LogP contribution in [0.4, 0.5) is 0 Å². The molecule has 47 heavy (non-hydrogen) atoms. The Kier molecular flexibility index (Phi) is 12.1. The summed E-state index contributed by atoms with van der Waals surface area (Å²) in [6.07, 6.45) is 0.231. The summed E-state index contributed by atoms with van der Waals surface area (Å²) >= 11 is 0. The number of benzene rings is 4. The van der Waals surface area contributed by atoms with Crippen molar-refractivity contribution in [1.82, 2.24) is 16.0 Å². The number of aliphatic carboxylic acids is 1. The molecule has 0 fully saturated rings. The third-order valence-electron chi connectivity index (χ3n) is 7.55. The third-order valence-corrected chi connectivity index (χ3v) is 7.55. The standard InChI is InChI=1S/C36H38N4O7/c37-29(19-23-7-3-1-4-8-23)33(43)38-30(21-25-11-15-27(41)16-12-25)34(44)39-31(20-24-9-5-2-6-10-24)35(45)40-32(36(46)47)22-26-13-17-28(42)18-14-26/h1-18,29-32,41-42H,19-22,37H2,(H,38,43)(H,39,44)(H,40,45)(H,46,47)/t29-,30-,31-,32-/m0/s1. The Morgan fingerprint density at radius 3 is 1.26 bits per heavy atom. The topological polar surface area (TPSA) is 191 Å². The molecule has 0 saturated heterocycles. The fraction of sp³-hybridized carbons (Fsp3) is 0.222. The van der Waals surface area contributed by atoms with Crippen molar-refractivity contribution in [2.24, 2.45) is 5.73 Å². The molecule has 0 aromatic heterocycles. The van der Waals surface area contributed by atoms with Gasteiger partial charge >= 0.3 is 5.97 Å². The van der Waals surface area contributed by atoms with Gasteiger partial charge in [-0.25, -0.2) is 4.79 Å². The zero-order valence-electron chi connectivity index (χ0n) is 25.6. The van der Waals surface area contributed by atoms with Gasteiger partial charge in [0, 0.05) is 19.3 Å². The quantitative estimate of drug-likeness (QED) is 0.103. The molecule has 11 heteroatoms. The van der Waals surface area contributed by atoms with Gasteiger partial charge in [0.15, 0.2) is 0 Å². The first-order chi connectivity index (χ1) is 22.6. The molecule has 0 heterocycles. The number of phenolic OH excluding ortho intramolecular Hbond substituents is 2. The van der Waals surface area contributed by atoms with E-state index in [9.17, 15) is 34.5 Å². The number of aromatic hydroxyl groups is 2. The van der Waals surface area contributed by atoms with Crippen LogP contribution in [-0.4, -0.2) is 63.2 Å². The molecule has 11 nitrogen and oxygen atoms in total. The van der Waals surface area contributed by atoms with Gasteiger partial charge in [-0.3, -0.25) is 14.4 Å². The van der Waals surface area contributed by atoms with Crippen molar-refractivity contribution in [3.05, 3.63) is 131 Å². The molecule has 0 spiro atoms. The second-order valence-electron chi connectivity index (χ2n) is 11.2. The highest BCUT2D eigenvalue weighted by Gasteiger charge is 2.31. The first-order valence-corrected chi connectivity index (χ1v) is 15.1. The lowest BCUT2D eigenvalue weighted by atomic mass is 10.0. The first-order valence-electron chi connectivity index (χ1n) is 15.1. The molecular weight excluding hydrogens is 600 g/mol. The van der Waals surface area contributed by atoms with Gasteiger partial charge < -0.3 is 37.0 Å². The minimum Gasteiger partial charge on any atom is -0.508 e. The summed E-state index contributed by atoms with van der Waals surface area (Å²) in [5.41, 5.74) is 8.96.